The number of ether oxygens (including phenoxy) is 1. The Kier molecular flexibility index (Phi) is 4.21. The summed E-state index contributed by atoms with van der Waals surface area (Å²) in [5.74, 6) is -0.215. The summed E-state index contributed by atoms with van der Waals surface area (Å²) in [5, 5.41) is 0. The molecule has 0 N–H and O–H groups in total. The maximum Gasteiger partial charge on any atom is 0.307 e. The first-order valence-corrected chi connectivity index (χ1v) is 8.70. The molecule has 0 aliphatic heterocycles. The van der Waals surface area contributed by atoms with Crippen molar-refractivity contribution in [3.63, 3.8) is 0 Å². The third-order valence-corrected chi connectivity index (χ3v) is 4.88. The molecule has 3 aromatic rings. The molecular weight excluding hydrogens is 326 g/mol. The quantitative estimate of drug-likeness (QED) is 0.664. The maximum atomic E-state index is 12.5. The van der Waals surface area contributed by atoms with E-state index in [9.17, 15) is 4.79 Å². The summed E-state index contributed by atoms with van der Waals surface area (Å²) in [6.45, 7) is 2.19. The lowest BCUT2D eigenvalue weighted by Crippen LogP contribution is -2.32. The first kappa shape index (κ1) is 16.4. The van der Waals surface area contributed by atoms with E-state index in [-0.39, 0.29) is 12.4 Å². The van der Waals surface area contributed by atoms with Crippen LogP contribution in [-0.4, -0.2) is 27.5 Å². The minimum atomic E-state index is -0.541. The number of hydrogen-bond acceptors (Lipinski definition) is 5. The number of carbonyl (C=O) groups excluding carboxylic acids is 1. The van der Waals surface area contributed by atoms with Crippen LogP contribution in [0.15, 0.2) is 61.2 Å². The number of nitrogens with zero attached hydrogens (tertiary/aromatic N) is 3. The van der Waals surface area contributed by atoms with Crippen LogP contribution in [-0.2, 0) is 21.4 Å². The van der Waals surface area contributed by atoms with Gasteiger partial charge in [0.05, 0.1) is 24.4 Å². The topological polar surface area (TPSA) is 65.0 Å². The number of pyridine rings is 3. The van der Waals surface area contributed by atoms with Gasteiger partial charge in [-0.05, 0) is 54.3 Å². The Labute approximate surface area is 152 Å². The maximum absolute atomic E-state index is 12.5. The number of aromatic nitrogens is 3. The van der Waals surface area contributed by atoms with Gasteiger partial charge in [-0.2, -0.15) is 0 Å². The average Bonchev–Trinajstić information content (AvgIpc) is 2.94. The molecule has 5 nitrogen and oxygen atoms in total. The smallest absolute Gasteiger partial charge is 0.307 e. The summed E-state index contributed by atoms with van der Waals surface area (Å²) in [6, 6.07) is 11.9. The third-order valence-electron chi connectivity index (χ3n) is 4.88. The Morgan fingerprint density at radius 1 is 0.962 bits per heavy atom. The van der Waals surface area contributed by atoms with Crippen LogP contribution < -0.4 is 0 Å². The highest BCUT2D eigenvalue weighted by Crippen LogP contribution is 2.50. The van der Waals surface area contributed by atoms with E-state index >= 15 is 0 Å². The number of esters is 1. The molecule has 0 fully saturated rings. The number of rotatable bonds is 5. The highest BCUT2D eigenvalue weighted by Gasteiger charge is 2.46. The van der Waals surface area contributed by atoms with Gasteiger partial charge in [-0.3, -0.25) is 19.7 Å². The van der Waals surface area contributed by atoms with Crippen molar-refractivity contribution >= 4 is 5.97 Å². The van der Waals surface area contributed by atoms with E-state index in [0.29, 0.717) is 13.0 Å². The van der Waals surface area contributed by atoms with Gasteiger partial charge in [-0.15, -0.1) is 0 Å². The molecule has 5 heteroatoms. The molecule has 0 saturated heterocycles. The number of carbonyl (C=O) groups is 1. The summed E-state index contributed by atoms with van der Waals surface area (Å²) in [5.41, 5.74) is 4.32. The molecule has 0 aromatic carbocycles. The highest BCUT2D eigenvalue weighted by molar-refractivity contribution is 5.81. The van der Waals surface area contributed by atoms with E-state index in [1.165, 1.54) is 0 Å². The van der Waals surface area contributed by atoms with Crippen molar-refractivity contribution in [2.75, 3.05) is 6.61 Å². The molecule has 3 aromatic heterocycles. The Balaban J connectivity index is 1.91. The molecule has 130 valence electrons. The fourth-order valence-electron chi connectivity index (χ4n) is 3.86. The normalized spacial score (nSPS) is 13.7. The molecule has 0 spiro atoms. The van der Waals surface area contributed by atoms with Crippen LogP contribution in [0.25, 0.3) is 11.4 Å². The summed E-state index contributed by atoms with van der Waals surface area (Å²) in [6.07, 6.45) is 7.99. The first-order valence-electron chi connectivity index (χ1n) is 8.70. The van der Waals surface area contributed by atoms with Crippen LogP contribution in [0.1, 0.15) is 30.0 Å². The van der Waals surface area contributed by atoms with E-state index in [1.807, 2.05) is 43.3 Å². The lowest BCUT2D eigenvalue weighted by Gasteiger charge is -2.31. The van der Waals surface area contributed by atoms with Gasteiger partial charge in [0.2, 0.25) is 0 Å². The van der Waals surface area contributed by atoms with Gasteiger partial charge >= 0.3 is 5.97 Å². The zero-order valence-electron chi connectivity index (χ0n) is 14.6. The van der Waals surface area contributed by atoms with E-state index in [4.69, 9.17) is 4.74 Å². The number of fused-ring (bicyclic) bond motifs is 3. The van der Waals surface area contributed by atoms with Crippen LogP contribution in [0.5, 0.6) is 0 Å². The SMILES string of the molecule is CCOC(=O)CC1(Cc2ccncc2)c2cccnc2-c2ncccc21. The van der Waals surface area contributed by atoms with Crippen LogP contribution in [0.4, 0.5) is 0 Å². The summed E-state index contributed by atoms with van der Waals surface area (Å²) in [7, 11) is 0. The molecule has 3 heterocycles. The molecule has 0 unspecified atom stereocenters. The molecule has 0 saturated carbocycles. The molecule has 1 aliphatic carbocycles. The Morgan fingerprint density at radius 2 is 1.58 bits per heavy atom. The second-order valence-electron chi connectivity index (χ2n) is 6.40. The molecule has 1 aliphatic rings. The van der Waals surface area contributed by atoms with Gasteiger partial charge in [0.15, 0.2) is 0 Å². The largest absolute Gasteiger partial charge is 0.466 e. The fraction of sp³-hybridized carbons (Fsp3) is 0.238. The second kappa shape index (κ2) is 6.67. The van der Waals surface area contributed by atoms with Crippen LogP contribution in [0.2, 0.25) is 0 Å². The molecule has 0 amide bonds. The van der Waals surface area contributed by atoms with Gasteiger partial charge < -0.3 is 4.74 Å². The van der Waals surface area contributed by atoms with Gasteiger partial charge in [0.1, 0.15) is 0 Å². The highest BCUT2D eigenvalue weighted by atomic mass is 16.5. The molecule has 0 bridgehead atoms. The van der Waals surface area contributed by atoms with Crippen molar-refractivity contribution in [3.05, 3.63) is 77.9 Å². The van der Waals surface area contributed by atoms with Crippen molar-refractivity contribution < 1.29 is 9.53 Å². The predicted molar refractivity (Wildman–Crippen MR) is 97.4 cm³/mol. The van der Waals surface area contributed by atoms with Crippen LogP contribution >= 0.6 is 0 Å². The van der Waals surface area contributed by atoms with E-state index in [2.05, 4.69) is 15.0 Å². The first-order chi connectivity index (χ1) is 12.7. The molecule has 0 radical (unpaired) electrons. The second-order valence-corrected chi connectivity index (χ2v) is 6.40. The van der Waals surface area contributed by atoms with E-state index < -0.39 is 5.41 Å². The predicted octanol–water partition coefficient (Wildman–Crippen LogP) is 3.33. The van der Waals surface area contributed by atoms with Gasteiger partial charge in [0.25, 0.3) is 0 Å². The Morgan fingerprint density at radius 3 is 2.15 bits per heavy atom. The zero-order chi connectivity index (χ0) is 18.0. The monoisotopic (exact) mass is 345 g/mol. The fourth-order valence-corrected chi connectivity index (χ4v) is 3.86. The molecule has 0 atom stereocenters. The summed E-state index contributed by atoms with van der Waals surface area (Å²) < 4.78 is 5.30. The van der Waals surface area contributed by atoms with E-state index in [1.54, 1.807) is 24.8 Å². The van der Waals surface area contributed by atoms with Gasteiger partial charge in [0, 0.05) is 30.2 Å². The summed E-state index contributed by atoms with van der Waals surface area (Å²) >= 11 is 0. The van der Waals surface area contributed by atoms with Gasteiger partial charge in [-0.1, -0.05) is 12.1 Å². The van der Waals surface area contributed by atoms with Gasteiger partial charge in [-0.25, -0.2) is 0 Å². The third kappa shape index (κ3) is 2.65. The van der Waals surface area contributed by atoms with Crippen LogP contribution in [0.3, 0.4) is 0 Å². The van der Waals surface area contributed by atoms with Crippen molar-refractivity contribution in [1.82, 2.24) is 15.0 Å². The zero-order valence-corrected chi connectivity index (χ0v) is 14.6. The molecule has 26 heavy (non-hydrogen) atoms. The average molecular weight is 345 g/mol. The molecule has 4 rings (SSSR count). The van der Waals surface area contributed by atoms with Crippen molar-refractivity contribution in [2.24, 2.45) is 0 Å². The van der Waals surface area contributed by atoms with Crippen molar-refractivity contribution in [1.29, 1.82) is 0 Å². The van der Waals surface area contributed by atoms with Crippen molar-refractivity contribution in [3.8, 4) is 11.4 Å². The number of hydrogen-bond donors (Lipinski definition) is 0. The molecular formula is C21H19N3O2. The van der Waals surface area contributed by atoms with E-state index in [0.717, 1.165) is 28.1 Å². The standard InChI is InChI=1S/C21H19N3O2/c1-2-26-18(25)14-21(13-15-7-11-22-12-8-15)16-5-3-9-23-19(16)20-17(21)6-4-10-24-20/h3-12H,2,13-14H2,1H3. The Hall–Kier alpha value is -3.08. The lowest BCUT2D eigenvalue weighted by atomic mass is 9.71. The summed E-state index contributed by atoms with van der Waals surface area (Å²) in [4.78, 5) is 25.8. The van der Waals surface area contributed by atoms with Crippen LogP contribution in [0, 0.1) is 0 Å². The van der Waals surface area contributed by atoms with Crippen molar-refractivity contribution in [2.45, 2.75) is 25.2 Å². The minimum Gasteiger partial charge on any atom is -0.466 e. The Bertz CT molecular complexity index is 895. The lowest BCUT2D eigenvalue weighted by molar-refractivity contribution is -0.144. The minimum absolute atomic E-state index is 0.215.